The molecule has 1 aliphatic heterocycles. The van der Waals surface area contributed by atoms with Crippen molar-refractivity contribution in [2.75, 3.05) is 39.8 Å². The maximum absolute atomic E-state index is 13.0. The zero-order chi connectivity index (χ0) is 21.5. The average molecular weight is 413 g/mol. The molecule has 2 aromatic carbocycles. The minimum atomic E-state index is -0.694. The van der Waals surface area contributed by atoms with Crippen LogP contribution < -0.4 is 10.6 Å². The summed E-state index contributed by atoms with van der Waals surface area (Å²) in [6, 6.07) is 14.1. The second kappa shape index (κ2) is 10.3. The molecule has 2 amide bonds. The molecule has 0 saturated carbocycles. The lowest BCUT2D eigenvalue weighted by Gasteiger charge is -2.38. The molecule has 1 fully saturated rings. The third kappa shape index (κ3) is 6.11. The zero-order valence-corrected chi connectivity index (χ0v) is 17.5. The summed E-state index contributed by atoms with van der Waals surface area (Å²) in [5.74, 6) is -1.70. The maximum atomic E-state index is 13.0. The molecule has 7 heteroatoms. The average Bonchev–Trinajstić information content (AvgIpc) is 2.75. The molecule has 1 saturated heterocycles. The fourth-order valence-electron chi connectivity index (χ4n) is 3.51. The van der Waals surface area contributed by atoms with Gasteiger partial charge >= 0.3 is 11.8 Å². The Bertz CT molecular complexity index is 847. The highest BCUT2D eigenvalue weighted by Crippen LogP contribution is 2.22. The molecule has 0 radical (unpaired) electrons. The van der Waals surface area contributed by atoms with E-state index in [0.29, 0.717) is 6.54 Å². The first-order valence-electron chi connectivity index (χ1n) is 10.2. The van der Waals surface area contributed by atoms with Crippen LogP contribution in [0.2, 0.25) is 0 Å². The molecule has 1 atom stereocenters. The highest BCUT2D eigenvalue weighted by Gasteiger charge is 2.25. The largest absolute Gasteiger partial charge is 0.346 e. The molecule has 160 valence electrons. The second-order valence-corrected chi connectivity index (χ2v) is 7.78. The fraction of sp³-hybridized carbons (Fsp3) is 0.391. The van der Waals surface area contributed by atoms with Crippen LogP contribution in [0.25, 0.3) is 0 Å². The summed E-state index contributed by atoms with van der Waals surface area (Å²) in [6.07, 6.45) is 0. The lowest BCUT2D eigenvalue weighted by atomic mass is 10.0. The lowest BCUT2D eigenvalue weighted by molar-refractivity contribution is -0.139. The van der Waals surface area contributed by atoms with Gasteiger partial charge in [0.2, 0.25) is 0 Å². The predicted molar refractivity (Wildman–Crippen MR) is 114 cm³/mol. The van der Waals surface area contributed by atoms with Crippen LogP contribution >= 0.6 is 0 Å². The summed E-state index contributed by atoms with van der Waals surface area (Å²) in [7, 11) is 2.10. The Labute approximate surface area is 177 Å². The van der Waals surface area contributed by atoms with E-state index in [1.807, 2.05) is 6.92 Å². The van der Waals surface area contributed by atoms with Crippen molar-refractivity contribution in [1.29, 1.82) is 0 Å². The molecule has 6 nitrogen and oxygen atoms in total. The number of hydrogen-bond donors (Lipinski definition) is 2. The third-order valence-corrected chi connectivity index (χ3v) is 5.47. The van der Waals surface area contributed by atoms with Crippen molar-refractivity contribution in [3.8, 4) is 0 Å². The van der Waals surface area contributed by atoms with Gasteiger partial charge in [-0.1, -0.05) is 42.0 Å². The molecule has 30 heavy (non-hydrogen) atoms. The zero-order valence-electron chi connectivity index (χ0n) is 17.5. The summed E-state index contributed by atoms with van der Waals surface area (Å²) in [4.78, 5) is 29.1. The van der Waals surface area contributed by atoms with E-state index in [2.05, 4.69) is 51.7 Å². The van der Waals surface area contributed by atoms with Crippen LogP contribution in [0.4, 0.5) is 4.39 Å². The number of carbonyl (C=O) groups is 2. The van der Waals surface area contributed by atoms with Gasteiger partial charge in [0.25, 0.3) is 0 Å². The van der Waals surface area contributed by atoms with Gasteiger partial charge in [0.1, 0.15) is 5.82 Å². The van der Waals surface area contributed by atoms with Gasteiger partial charge in [-0.3, -0.25) is 14.5 Å². The Hall–Kier alpha value is -2.77. The standard InChI is InChI=1S/C23H29FN4O2/c1-17-3-7-19(8-4-17)21(28-13-11-27(2)12-14-28)16-26-23(30)22(29)25-15-18-5-9-20(24)10-6-18/h3-10,21H,11-16H2,1-2H3,(H,25,29)(H,26,30). The van der Waals surface area contributed by atoms with E-state index in [9.17, 15) is 14.0 Å². The molecule has 1 heterocycles. The lowest BCUT2D eigenvalue weighted by Crippen LogP contribution is -2.49. The van der Waals surface area contributed by atoms with E-state index < -0.39 is 11.8 Å². The van der Waals surface area contributed by atoms with Gasteiger partial charge in [0.05, 0.1) is 6.04 Å². The molecule has 3 rings (SSSR count). The highest BCUT2D eigenvalue weighted by molar-refractivity contribution is 6.35. The first kappa shape index (κ1) is 21.9. The van der Waals surface area contributed by atoms with E-state index in [-0.39, 0.29) is 18.4 Å². The number of hydrogen-bond acceptors (Lipinski definition) is 4. The van der Waals surface area contributed by atoms with Crippen molar-refractivity contribution in [3.05, 3.63) is 71.0 Å². The number of benzene rings is 2. The summed E-state index contributed by atoms with van der Waals surface area (Å²) in [5.41, 5.74) is 3.03. The van der Waals surface area contributed by atoms with Gasteiger partial charge in [-0.15, -0.1) is 0 Å². The van der Waals surface area contributed by atoms with Crippen LogP contribution in [0.15, 0.2) is 48.5 Å². The highest BCUT2D eigenvalue weighted by atomic mass is 19.1. The first-order valence-corrected chi connectivity index (χ1v) is 10.2. The number of halogens is 1. The van der Waals surface area contributed by atoms with Crippen molar-refractivity contribution in [2.45, 2.75) is 19.5 Å². The number of likely N-dealkylation sites (N-methyl/N-ethyl adjacent to an activating group) is 1. The Kier molecular flexibility index (Phi) is 7.54. The van der Waals surface area contributed by atoms with E-state index >= 15 is 0 Å². The molecule has 1 unspecified atom stereocenters. The van der Waals surface area contributed by atoms with Crippen molar-refractivity contribution < 1.29 is 14.0 Å². The number of aryl methyl sites for hydroxylation is 1. The van der Waals surface area contributed by atoms with E-state index in [0.717, 1.165) is 37.3 Å². The minimum absolute atomic E-state index is 0.00754. The van der Waals surface area contributed by atoms with Crippen molar-refractivity contribution in [3.63, 3.8) is 0 Å². The van der Waals surface area contributed by atoms with Gasteiger partial charge in [0, 0.05) is 39.3 Å². The number of amides is 2. The van der Waals surface area contributed by atoms with Crippen LogP contribution in [-0.2, 0) is 16.1 Å². The summed E-state index contributed by atoms with van der Waals surface area (Å²) < 4.78 is 13.0. The van der Waals surface area contributed by atoms with E-state index in [4.69, 9.17) is 0 Å². The van der Waals surface area contributed by atoms with Gasteiger partial charge in [0.15, 0.2) is 0 Å². The topological polar surface area (TPSA) is 64.7 Å². The van der Waals surface area contributed by atoms with Crippen LogP contribution in [-0.4, -0.2) is 61.4 Å². The molecule has 0 spiro atoms. The Morgan fingerprint density at radius 3 is 2.17 bits per heavy atom. The molecule has 2 N–H and O–H groups in total. The second-order valence-electron chi connectivity index (χ2n) is 7.78. The van der Waals surface area contributed by atoms with Crippen molar-refractivity contribution >= 4 is 11.8 Å². The number of carbonyl (C=O) groups excluding carboxylic acids is 2. The maximum Gasteiger partial charge on any atom is 0.309 e. The Morgan fingerprint density at radius 2 is 1.53 bits per heavy atom. The minimum Gasteiger partial charge on any atom is -0.346 e. The SMILES string of the molecule is Cc1ccc(C(CNC(=O)C(=O)NCc2ccc(F)cc2)N2CCN(C)CC2)cc1. The van der Waals surface area contributed by atoms with Crippen LogP contribution in [0.3, 0.4) is 0 Å². The van der Waals surface area contributed by atoms with Gasteiger partial charge < -0.3 is 15.5 Å². The van der Waals surface area contributed by atoms with Gasteiger partial charge in [-0.25, -0.2) is 4.39 Å². The van der Waals surface area contributed by atoms with Gasteiger partial charge in [-0.05, 0) is 37.2 Å². The first-order chi connectivity index (χ1) is 14.4. The molecule has 0 bridgehead atoms. The molecule has 2 aromatic rings. The number of rotatable bonds is 6. The molecular weight excluding hydrogens is 383 g/mol. The quantitative estimate of drug-likeness (QED) is 0.711. The number of nitrogens with one attached hydrogen (secondary N) is 2. The summed E-state index contributed by atoms with van der Waals surface area (Å²) in [5, 5.41) is 5.36. The van der Waals surface area contributed by atoms with Crippen molar-refractivity contribution in [2.24, 2.45) is 0 Å². The fourth-order valence-corrected chi connectivity index (χ4v) is 3.51. The number of nitrogens with zero attached hydrogens (tertiary/aromatic N) is 2. The third-order valence-electron chi connectivity index (χ3n) is 5.47. The molecule has 0 aromatic heterocycles. The monoisotopic (exact) mass is 412 g/mol. The van der Waals surface area contributed by atoms with Crippen LogP contribution in [0.5, 0.6) is 0 Å². The van der Waals surface area contributed by atoms with Crippen molar-refractivity contribution in [1.82, 2.24) is 20.4 Å². The smallest absolute Gasteiger partial charge is 0.309 e. The molecular formula is C23H29FN4O2. The van der Waals surface area contributed by atoms with Crippen LogP contribution in [0, 0.1) is 12.7 Å². The summed E-state index contributed by atoms with van der Waals surface area (Å²) in [6.45, 7) is 6.32. The Balaban J connectivity index is 1.58. The number of piperazine rings is 1. The normalized spacial score (nSPS) is 16.1. The molecule has 1 aliphatic rings. The van der Waals surface area contributed by atoms with E-state index in [1.165, 1.54) is 17.7 Å². The molecule has 0 aliphatic carbocycles. The van der Waals surface area contributed by atoms with Gasteiger partial charge in [-0.2, -0.15) is 0 Å². The summed E-state index contributed by atoms with van der Waals surface area (Å²) >= 11 is 0. The van der Waals surface area contributed by atoms with E-state index in [1.54, 1.807) is 12.1 Å². The predicted octanol–water partition coefficient (Wildman–Crippen LogP) is 1.86. The van der Waals surface area contributed by atoms with Crippen LogP contribution in [0.1, 0.15) is 22.7 Å². The Morgan fingerprint density at radius 1 is 0.933 bits per heavy atom.